The van der Waals surface area contributed by atoms with Crippen LogP contribution in [0.3, 0.4) is 0 Å². The van der Waals surface area contributed by atoms with Crippen molar-refractivity contribution in [1.29, 1.82) is 0 Å². The predicted octanol–water partition coefficient (Wildman–Crippen LogP) is 0.304. The average molecular weight is 228 g/mol. The number of hydrogen-bond acceptors (Lipinski definition) is 3. The van der Waals surface area contributed by atoms with Crippen molar-refractivity contribution in [3.63, 3.8) is 0 Å². The van der Waals surface area contributed by atoms with Crippen LogP contribution in [0.2, 0.25) is 0 Å². The van der Waals surface area contributed by atoms with Crippen LogP contribution in [0.25, 0.3) is 0 Å². The first-order valence-electron chi connectivity index (χ1n) is 5.62. The van der Waals surface area contributed by atoms with E-state index in [1.165, 1.54) is 4.90 Å². The monoisotopic (exact) mass is 228 g/mol. The van der Waals surface area contributed by atoms with E-state index >= 15 is 0 Å². The molecule has 5 nitrogen and oxygen atoms in total. The summed E-state index contributed by atoms with van der Waals surface area (Å²) in [4.78, 5) is 24.7. The maximum absolute atomic E-state index is 12.0. The number of hydrogen-bond donors (Lipinski definition) is 2. The highest BCUT2D eigenvalue weighted by molar-refractivity contribution is 5.89. The van der Waals surface area contributed by atoms with Crippen molar-refractivity contribution in [3.8, 4) is 0 Å². The molecule has 1 aliphatic rings. The fourth-order valence-electron chi connectivity index (χ4n) is 2.33. The molecule has 0 aromatic rings. The van der Waals surface area contributed by atoms with Gasteiger partial charge in [0.2, 0.25) is 5.91 Å². The average Bonchev–Trinajstić information content (AvgIpc) is 2.44. The van der Waals surface area contributed by atoms with Crippen LogP contribution in [0.5, 0.6) is 0 Å². The van der Waals surface area contributed by atoms with E-state index in [1.807, 2.05) is 20.8 Å². The van der Waals surface area contributed by atoms with Crippen molar-refractivity contribution in [2.24, 2.45) is 5.92 Å². The molecule has 1 amide bonds. The van der Waals surface area contributed by atoms with Crippen molar-refractivity contribution in [2.45, 2.75) is 45.3 Å². The van der Waals surface area contributed by atoms with Crippen LogP contribution in [0, 0.1) is 5.92 Å². The highest BCUT2D eigenvalue weighted by Gasteiger charge is 2.43. The number of amides is 1. The van der Waals surface area contributed by atoms with Crippen molar-refractivity contribution in [3.05, 3.63) is 0 Å². The Kier molecular flexibility index (Phi) is 3.91. The standard InChI is InChI=1S/C11H20N2O3/c1-6(2)9(11(15)16)13-7(3)5-8(12-4)10(13)14/h6-9,12H,5H2,1-4H3,(H,15,16). The number of nitrogens with zero attached hydrogens (tertiary/aromatic N) is 1. The third-order valence-electron chi connectivity index (χ3n) is 3.14. The highest BCUT2D eigenvalue weighted by atomic mass is 16.4. The van der Waals surface area contributed by atoms with E-state index < -0.39 is 12.0 Å². The van der Waals surface area contributed by atoms with Crippen LogP contribution in [0.1, 0.15) is 27.2 Å². The first-order valence-corrected chi connectivity index (χ1v) is 5.62. The Bertz CT molecular complexity index is 291. The van der Waals surface area contributed by atoms with Crippen LogP contribution in [0.15, 0.2) is 0 Å². The topological polar surface area (TPSA) is 69.6 Å². The van der Waals surface area contributed by atoms with E-state index in [9.17, 15) is 14.7 Å². The molecule has 1 fully saturated rings. The maximum Gasteiger partial charge on any atom is 0.326 e. The number of carboxylic acid groups (broad SMARTS) is 1. The number of carbonyl (C=O) groups excluding carboxylic acids is 1. The molecule has 3 unspecified atom stereocenters. The van der Waals surface area contributed by atoms with Crippen molar-refractivity contribution in [2.75, 3.05) is 7.05 Å². The van der Waals surface area contributed by atoms with Gasteiger partial charge >= 0.3 is 5.97 Å². The molecule has 1 rings (SSSR count). The van der Waals surface area contributed by atoms with Gasteiger partial charge in [0.15, 0.2) is 0 Å². The predicted molar refractivity (Wildman–Crippen MR) is 60.0 cm³/mol. The number of nitrogens with one attached hydrogen (secondary N) is 1. The molecule has 0 spiro atoms. The molecule has 0 radical (unpaired) electrons. The van der Waals surface area contributed by atoms with E-state index in [1.54, 1.807) is 7.05 Å². The second kappa shape index (κ2) is 4.82. The molecule has 0 aliphatic carbocycles. The van der Waals surface area contributed by atoms with Gasteiger partial charge < -0.3 is 15.3 Å². The van der Waals surface area contributed by atoms with E-state index in [0.717, 1.165) is 0 Å². The van der Waals surface area contributed by atoms with Gasteiger partial charge in [-0.05, 0) is 26.3 Å². The fourth-order valence-corrected chi connectivity index (χ4v) is 2.33. The Labute approximate surface area is 95.8 Å². The van der Waals surface area contributed by atoms with Crippen molar-refractivity contribution >= 4 is 11.9 Å². The van der Waals surface area contributed by atoms with Crippen molar-refractivity contribution in [1.82, 2.24) is 10.2 Å². The molecule has 0 aromatic heterocycles. The highest BCUT2D eigenvalue weighted by Crippen LogP contribution is 2.25. The maximum atomic E-state index is 12.0. The number of aliphatic carboxylic acids is 1. The summed E-state index contributed by atoms with van der Waals surface area (Å²) in [5, 5.41) is 12.1. The number of likely N-dealkylation sites (N-methyl/N-ethyl adjacent to an activating group) is 1. The molecule has 92 valence electrons. The molecule has 16 heavy (non-hydrogen) atoms. The van der Waals surface area contributed by atoms with E-state index in [0.29, 0.717) is 6.42 Å². The summed E-state index contributed by atoms with van der Waals surface area (Å²) in [6, 6.07) is -0.982. The minimum Gasteiger partial charge on any atom is -0.480 e. The van der Waals surface area contributed by atoms with Gasteiger partial charge in [-0.1, -0.05) is 13.8 Å². The lowest BCUT2D eigenvalue weighted by Gasteiger charge is -2.31. The largest absolute Gasteiger partial charge is 0.480 e. The summed E-state index contributed by atoms with van der Waals surface area (Å²) < 4.78 is 0. The molecule has 1 heterocycles. The first-order chi connectivity index (χ1) is 7.40. The summed E-state index contributed by atoms with van der Waals surface area (Å²) >= 11 is 0. The Morgan fingerprint density at radius 2 is 2.12 bits per heavy atom. The number of carbonyl (C=O) groups is 2. The number of rotatable bonds is 4. The molecular formula is C11H20N2O3. The molecule has 0 bridgehead atoms. The van der Waals surface area contributed by atoms with Gasteiger partial charge in [-0.15, -0.1) is 0 Å². The lowest BCUT2D eigenvalue weighted by atomic mass is 10.0. The molecule has 2 N–H and O–H groups in total. The molecular weight excluding hydrogens is 208 g/mol. The van der Waals surface area contributed by atoms with Crippen molar-refractivity contribution < 1.29 is 14.7 Å². The summed E-state index contributed by atoms with van der Waals surface area (Å²) in [6.45, 7) is 5.55. The van der Waals surface area contributed by atoms with Crippen LogP contribution in [0.4, 0.5) is 0 Å². The third kappa shape index (κ3) is 2.19. The number of carboxylic acids is 1. The quantitative estimate of drug-likeness (QED) is 0.726. The minimum absolute atomic E-state index is 0.0200. The zero-order valence-corrected chi connectivity index (χ0v) is 10.2. The summed E-state index contributed by atoms with van der Waals surface area (Å²) in [5.41, 5.74) is 0. The lowest BCUT2D eigenvalue weighted by Crippen LogP contribution is -2.50. The molecule has 3 atom stereocenters. The molecule has 1 saturated heterocycles. The third-order valence-corrected chi connectivity index (χ3v) is 3.14. The van der Waals surface area contributed by atoms with Gasteiger partial charge in [-0.25, -0.2) is 4.79 Å². The van der Waals surface area contributed by atoms with Crippen LogP contribution in [-0.4, -0.2) is 47.1 Å². The summed E-state index contributed by atoms with van der Waals surface area (Å²) in [6.07, 6.45) is 0.672. The van der Waals surface area contributed by atoms with Gasteiger partial charge in [0.1, 0.15) is 6.04 Å². The normalized spacial score (nSPS) is 27.6. The smallest absolute Gasteiger partial charge is 0.326 e. The molecule has 1 aliphatic heterocycles. The Balaban J connectivity index is 2.93. The second-order valence-corrected chi connectivity index (χ2v) is 4.70. The molecule has 0 saturated carbocycles. The van der Waals surface area contributed by atoms with Gasteiger partial charge in [0.25, 0.3) is 0 Å². The zero-order chi connectivity index (χ0) is 12.5. The minimum atomic E-state index is -0.924. The summed E-state index contributed by atoms with van der Waals surface area (Å²) in [7, 11) is 1.73. The van der Waals surface area contributed by atoms with E-state index in [2.05, 4.69) is 5.32 Å². The lowest BCUT2D eigenvalue weighted by molar-refractivity contribution is -0.152. The Morgan fingerprint density at radius 3 is 2.44 bits per heavy atom. The summed E-state index contributed by atoms with van der Waals surface area (Å²) in [5.74, 6) is -1.11. The Hall–Kier alpha value is -1.10. The SMILES string of the molecule is CNC1CC(C)N(C(C(=O)O)C(C)C)C1=O. The fraction of sp³-hybridized carbons (Fsp3) is 0.818. The first kappa shape index (κ1) is 13.0. The van der Waals surface area contributed by atoms with Crippen LogP contribution >= 0.6 is 0 Å². The zero-order valence-electron chi connectivity index (χ0n) is 10.2. The van der Waals surface area contributed by atoms with Crippen LogP contribution < -0.4 is 5.32 Å². The Morgan fingerprint density at radius 1 is 1.56 bits per heavy atom. The molecule has 0 aromatic carbocycles. The van der Waals surface area contributed by atoms with E-state index in [-0.39, 0.29) is 23.9 Å². The van der Waals surface area contributed by atoms with E-state index in [4.69, 9.17) is 0 Å². The molecule has 5 heteroatoms. The van der Waals surface area contributed by atoms with Gasteiger partial charge in [-0.2, -0.15) is 0 Å². The van der Waals surface area contributed by atoms with Gasteiger partial charge in [0, 0.05) is 6.04 Å². The van der Waals surface area contributed by atoms with Crippen LogP contribution in [-0.2, 0) is 9.59 Å². The second-order valence-electron chi connectivity index (χ2n) is 4.70. The van der Waals surface area contributed by atoms with Gasteiger partial charge in [0.05, 0.1) is 6.04 Å². The van der Waals surface area contributed by atoms with Gasteiger partial charge in [-0.3, -0.25) is 4.79 Å². The number of likely N-dealkylation sites (tertiary alicyclic amines) is 1.